The van der Waals surface area contributed by atoms with Crippen LogP contribution in [0.5, 0.6) is 0 Å². The van der Waals surface area contributed by atoms with Gasteiger partial charge in [-0.25, -0.2) is 17.2 Å². The molecule has 2 rings (SSSR count). The largest absolute Gasteiger partial charge is 0.348 e. The number of amides is 1. The Kier molecular flexibility index (Phi) is 6.70. The molecule has 1 heterocycles. The van der Waals surface area contributed by atoms with Gasteiger partial charge in [0.2, 0.25) is 10.0 Å². The smallest absolute Gasteiger partial charge is 0.275 e. The van der Waals surface area contributed by atoms with Crippen LogP contribution in [0.25, 0.3) is 0 Å². The summed E-state index contributed by atoms with van der Waals surface area (Å²) in [5, 5.41) is 2.93. The molecule has 9 heteroatoms. The summed E-state index contributed by atoms with van der Waals surface area (Å²) in [5.74, 6) is -1.65. The lowest BCUT2D eigenvalue weighted by atomic mass is 10.1. The van der Waals surface area contributed by atoms with Crippen molar-refractivity contribution in [2.24, 2.45) is 5.92 Å². The van der Waals surface area contributed by atoms with Crippen molar-refractivity contribution in [2.45, 2.75) is 31.7 Å². The normalized spacial score (nSPS) is 18.1. The summed E-state index contributed by atoms with van der Waals surface area (Å²) in [6, 6.07) is 2.51. The van der Waals surface area contributed by atoms with E-state index in [1.165, 1.54) is 4.31 Å². The Balaban J connectivity index is 1.94. The Hall–Kier alpha value is -1.58. The number of carbonyl (C=O) groups is 1. The minimum Gasteiger partial charge on any atom is -0.348 e. The van der Waals surface area contributed by atoms with Gasteiger partial charge in [-0.3, -0.25) is 4.79 Å². The molecule has 1 aliphatic rings. The van der Waals surface area contributed by atoms with Gasteiger partial charge in [0, 0.05) is 12.1 Å². The van der Waals surface area contributed by atoms with Gasteiger partial charge in [0.05, 0.1) is 26.2 Å². The predicted octanol–water partition coefficient (Wildman–Crippen LogP) is 0.0147. The maximum absolute atomic E-state index is 13.8. The van der Waals surface area contributed by atoms with Crippen molar-refractivity contribution < 1.29 is 26.9 Å². The third-order valence-corrected chi connectivity index (χ3v) is 6.67. The van der Waals surface area contributed by atoms with Gasteiger partial charge < -0.3 is 10.2 Å². The second kappa shape index (κ2) is 8.41. The number of hydrogen-bond acceptors (Lipinski definition) is 3. The molecule has 0 aromatic heterocycles. The number of nitrogens with one attached hydrogen (secondary N) is 2. The number of halogens is 2. The summed E-state index contributed by atoms with van der Waals surface area (Å²) >= 11 is 0. The molecule has 1 aromatic rings. The third-order valence-electron chi connectivity index (χ3n) is 4.74. The van der Waals surface area contributed by atoms with Crippen molar-refractivity contribution in [3.63, 3.8) is 0 Å². The maximum Gasteiger partial charge on any atom is 0.275 e. The first-order valence-corrected chi connectivity index (χ1v) is 10.1. The molecule has 0 spiro atoms. The molecule has 1 aromatic carbocycles. The number of sulfonamides is 1. The number of nitrogens with zero attached hydrogens (tertiary/aromatic N) is 1. The lowest BCUT2D eigenvalue weighted by Crippen LogP contribution is -3.15. The van der Waals surface area contributed by atoms with Crippen LogP contribution in [0.15, 0.2) is 23.1 Å². The highest BCUT2D eigenvalue weighted by atomic mass is 32.2. The Morgan fingerprint density at radius 3 is 2.38 bits per heavy atom. The fraction of sp³-hybridized carbons (Fsp3) is 0.588. The van der Waals surface area contributed by atoms with Gasteiger partial charge in [0.1, 0.15) is 16.5 Å². The molecule has 0 saturated carbocycles. The lowest BCUT2D eigenvalue weighted by Gasteiger charge is -2.31. The first-order chi connectivity index (χ1) is 12.1. The van der Waals surface area contributed by atoms with E-state index in [2.05, 4.69) is 5.32 Å². The molecular formula is C17H26F2N3O3S+. The minimum absolute atomic E-state index is 0.0675. The molecule has 1 saturated heterocycles. The lowest BCUT2D eigenvalue weighted by molar-refractivity contribution is -0.895. The number of carbonyl (C=O) groups excluding carboxylic acids is 1. The average molecular weight is 390 g/mol. The molecule has 1 aliphatic heterocycles. The van der Waals surface area contributed by atoms with Gasteiger partial charge in [-0.05, 0) is 25.0 Å². The molecule has 0 unspecified atom stereocenters. The van der Waals surface area contributed by atoms with Crippen molar-refractivity contribution in [3.8, 4) is 0 Å². The second-order valence-electron chi connectivity index (χ2n) is 7.01. The van der Waals surface area contributed by atoms with E-state index in [0.717, 1.165) is 17.0 Å². The molecule has 146 valence electrons. The number of rotatable bonds is 6. The molecule has 1 amide bonds. The van der Waals surface area contributed by atoms with Gasteiger partial charge >= 0.3 is 0 Å². The van der Waals surface area contributed by atoms with Crippen LogP contribution in [-0.2, 0) is 14.8 Å². The van der Waals surface area contributed by atoms with Gasteiger partial charge in [-0.1, -0.05) is 13.8 Å². The topological polar surface area (TPSA) is 70.9 Å². The van der Waals surface area contributed by atoms with Crippen molar-refractivity contribution >= 4 is 15.9 Å². The van der Waals surface area contributed by atoms with Crippen LogP contribution < -0.4 is 10.2 Å². The zero-order valence-electron chi connectivity index (χ0n) is 15.3. The Morgan fingerprint density at radius 1 is 1.23 bits per heavy atom. The van der Waals surface area contributed by atoms with Gasteiger partial charge in [0.15, 0.2) is 6.54 Å². The average Bonchev–Trinajstić information content (AvgIpc) is 2.54. The van der Waals surface area contributed by atoms with Crippen LogP contribution in [0, 0.1) is 17.6 Å². The maximum atomic E-state index is 13.8. The molecule has 0 bridgehead atoms. The van der Waals surface area contributed by atoms with E-state index in [1.807, 2.05) is 20.8 Å². The first-order valence-electron chi connectivity index (χ1n) is 8.69. The standard InChI is InChI=1S/C17H25F2N3O3S/c1-12(2)13(3)20-17(23)11-21-6-8-22(9-7-21)26(24,25)16-5-4-14(18)10-15(16)19/h4-5,10,12-13H,6-9,11H2,1-3H3,(H,20,23)/p+1/t13-/m1/s1. The van der Waals surface area contributed by atoms with Crippen LogP contribution in [0.4, 0.5) is 8.78 Å². The van der Waals surface area contributed by atoms with Crippen molar-refractivity contribution in [3.05, 3.63) is 29.8 Å². The summed E-state index contributed by atoms with van der Waals surface area (Å²) < 4.78 is 53.1. The van der Waals surface area contributed by atoms with E-state index in [1.54, 1.807) is 0 Å². The Morgan fingerprint density at radius 2 is 1.85 bits per heavy atom. The van der Waals surface area contributed by atoms with E-state index in [0.29, 0.717) is 25.1 Å². The minimum atomic E-state index is -4.01. The Bertz CT molecular complexity index is 748. The fourth-order valence-corrected chi connectivity index (χ4v) is 4.23. The summed E-state index contributed by atoms with van der Waals surface area (Å²) in [6.45, 7) is 7.53. The third kappa shape index (κ3) is 4.99. The number of hydrogen-bond donors (Lipinski definition) is 2. The number of piperazine rings is 1. The van der Waals surface area contributed by atoms with E-state index in [-0.39, 0.29) is 31.6 Å². The first kappa shape index (κ1) is 20.7. The summed E-state index contributed by atoms with van der Waals surface area (Å²) in [6.07, 6.45) is 0. The molecule has 1 atom stereocenters. The van der Waals surface area contributed by atoms with Crippen LogP contribution in [0.1, 0.15) is 20.8 Å². The summed E-state index contributed by atoms with van der Waals surface area (Å²) in [4.78, 5) is 12.5. The number of quaternary nitrogens is 1. The highest BCUT2D eigenvalue weighted by Crippen LogP contribution is 2.20. The molecule has 0 radical (unpaired) electrons. The fourth-order valence-electron chi connectivity index (χ4n) is 2.74. The zero-order chi connectivity index (χ0) is 19.5. The van der Waals surface area contributed by atoms with Crippen molar-refractivity contribution in [1.82, 2.24) is 9.62 Å². The molecule has 1 fully saturated rings. The Labute approximate surface area is 153 Å². The van der Waals surface area contributed by atoms with Crippen LogP contribution >= 0.6 is 0 Å². The summed E-state index contributed by atoms with van der Waals surface area (Å²) in [7, 11) is -4.01. The zero-order valence-corrected chi connectivity index (χ0v) is 16.1. The van der Waals surface area contributed by atoms with Gasteiger partial charge in [0.25, 0.3) is 5.91 Å². The van der Waals surface area contributed by atoms with Gasteiger partial charge in [-0.15, -0.1) is 0 Å². The second-order valence-corrected chi connectivity index (χ2v) is 8.91. The predicted molar refractivity (Wildman–Crippen MR) is 93.1 cm³/mol. The van der Waals surface area contributed by atoms with E-state index < -0.39 is 26.6 Å². The van der Waals surface area contributed by atoms with Crippen LogP contribution in [0.2, 0.25) is 0 Å². The SMILES string of the molecule is CC(C)[C@@H](C)NC(=O)C[NH+]1CCN(S(=O)(=O)c2ccc(F)cc2F)CC1. The molecule has 26 heavy (non-hydrogen) atoms. The van der Waals surface area contributed by atoms with E-state index in [4.69, 9.17) is 0 Å². The monoisotopic (exact) mass is 390 g/mol. The van der Waals surface area contributed by atoms with Crippen molar-refractivity contribution in [1.29, 1.82) is 0 Å². The molecule has 0 aliphatic carbocycles. The molecule has 6 nitrogen and oxygen atoms in total. The van der Waals surface area contributed by atoms with E-state index in [9.17, 15) is 22.0 Å². The van der Waals surface area contributed by atoms with E-state index >= 15 is 0 Å². The highest BCUT2D eigenvalue weighted by Gasteiger charge is 2.33. The summed E-state index contributed by atoms with van der Waals surface area (Å²) in [5.41, 5.74) is 0. The molecule has 2 N–H and O–H groups in total. The van der Waals surface area contributed by atoms with Crippen molar-refractivity contribution in [2.75, 3.05) is 32.7 Å². The van der Waals surface area contributed by atoms with Gasteiger partial charge in [-0.2, -0.15) is 4.31 Å². The quantitative estimate of drug-likeness (QED) is 0.719. The van der Waals surface area contributed by atoms with Crippen LogP contribution in [0.3, 0.4) is 0 Å². The number of benzene rings is 1. The highest BCUT2D eigenvalue weighted by molar-refractivity contribution is 7.89. The van der Waals surface area contributed by atoms with Crippen LogP contribution in [-0.4, -0.2) is 57.4 Å². The molecular weight excluding hydrogens is 364 g/mol.